The molecule has 0 aliphatic carbocycles. The Bertz CT molecular complexity index is 1970. The van der Waals surface area contributed by atoms with Crippen molar-refractivity contribution in [3.05, 3.63) is 146 Å². The maximum Gasteiger partial charge on any atom is 0.199 e. The second-order valence-corrected chi connectivity index (χ2v) is 17.2. The van der Waals surface area contributed by atoms with Crippen molar-refractivity contribution in [2.24, 2.45) is 0 Å². The van der Waals surface area contributed by atoms with Gasteiger partial charge in [-0.15, -0.1) is 0 Å². The Balaban J connectivity index is 0.891. The lowest BCUT2D eigenvalue weighted by molar-refractivity contribution is -0.106. The fourth-order valence-corrected chi connectivity index (χ4v) is 9.42. The molecular formula is C51H51O9S+. The highest BCUT2D eigenvalue weighted by atomic mass is 32.2. The molecule has 9 rings (SSSR count). The van der Waals surface area contributed by atoms with E-state index in [0.29, 0.717) is 0 Å². The first kappa shape index (κ1) is 40.7. The van der Waals surface area contributed by atoms with Crippen LogP contribution in [0.4, 0.5) is 0 Å². The molecule has 6 aromatic carbocycles. The molecule has 3 aliphatic heterocycles. The molecule has 10 heteroatoms. The third kappa shape index (κ3) is 11.4. The molecule has 3 unspecified atom stereocenters. The molecule has 0 bridgehead atoms. The summed E-state index contributed by atoms with van der Waals surface area (Å²) >= 11 is 0. The molecule has 3 atom stereocenters. The van der Waals surface area contributed by atoms with Gasteiger partial charge in [0.2, 0.25) is 0 Å². The van der Waals surface area contributed by atoms with Crippen LogP contribution in [-0.4, -0.2) is 38.7 Å². The van der Waals surface area contributed by atoms with Gasteiger partial charge in [-0.1, -0.05) is 0 Å². The molecule has 9 nitrogen and oxygen atoms in total. The summed E-state index contributed by atoms with van der Waals surface area (Å²) < 4.78 is 54.0. The number of benzene rings is 6. The van der Waals surface area contributed by atoms with Gasteiger partial charge in [0, 0.05) is 19.3 Å². The molecular weight excluding hydrogens is 789 g/mol. The Hall–Kier alpha value is -5.65. The summed E-state index contributed by atoms with van der Waals surface area (Å²) in [4.78, 5) is 3.42. The average molecular weight is 840 g/mol. The second kappa shape index (κ2) is 20.3. The van der Waals surface area contributed by atoms with Crippen molar-refractivity contribution in [1.29, 1.82) is 0 Å². The van der Waals surface area contributed by atoms with Gasteiger partial charge in [-0.2, -0.15) is 0 Å². The number of hydrogen-bond acceptors (Lipinski definition) is 9. The highest BCUT2D eigenvalue weighted by molar-refractivity contribution is 7.97. The SMILES string of the molecule is c1cc(OC2CCCCO2)ccc1Oc1ccc([S+](c2ccc(Oc3ccc(OC4CCCCO4)cc3)cc2)c2ccc(Oc3ccc(OC4CCCCO4)cc3)cc2)cc1. The van der Waals surface area contributed by atoms with E-state index in [1.165, 1.54) is 0 Å². The van der Waals surface area contributed by atoms with Crippen molar-refractivity contribution < 1.29 is 42.6 Å². The molecule has 61 heavy (non-hydrogen) atoms. The lowest BCUT2D eigenvalue weighted by Crippen LogP contribution is -2.24. The van der Waals surface area contributed by atoms with Crippen LogP contribution in [0.15, 0.2) is 160 Å². The molecule has 0 amide bonds. The van der Waals surface area contributed by atoms with Crippen molar-refractivity contribution in [3.63, 3.8) is 0 Å². The fraction of sp³-hybridized carbons (Fsp3) is 0.294. The van der Waals surface area contributed by atoms with Crippen LogP contribution < -0.4 is 28.4 Å². The Morgan fingerprint density at radius 1 is 0.295 bits per heavy atom. The average Bonchev–Trinajstić information content (AvgIpc) is 3.31. The molecule has 0 spiro atoms. The predicted molar refractivity (Wildman–Crippen MR) is 234 cm³/mol. The van der Waals surface area contributed by atoms with E-state index in [9.17, 15) is 0 Å². The fourth-order valence-electron chi connectivity index (χ4n) is 7.37. The van der Waals surface area contributed by atoms with E-state index in [1.807, 2.05) is 109 Å². The van der Waals surface area contributed by atoms with Gasteiger partial charge in [0.1, 0.15) is 51.7 Å². The van der Waals surface area contributed by atoms with Crippen molar-refractivity contribution in [2.45, 2.75) is 91.3 Å². The Kier molecular flexibility index (Phi) is 13.5. The van der Waals surface area contributed by atoms with Crippen molar-refractivity contribution in [1.82, 2.24) is 0 Å². The van der Waals surface area contributed by atoms with Crippen LogP contribution in [0.3, 0.4) is 0 Å². The lowest BCUT2D eigenvalue weighted by atomic mass is 10.2. The first-order valence-corrected chi connectivity index (χ1v) is 22.6. The van der Waals surface area contributed by atoms with Gasteiger partial charge in [-0.3, -0.25) is 0 Å². The van der Waals surface area contributed by atoms with Gasteiger partial charge < -0.3 is 42.6 Å². The summed E-state index contributed by atoms with van der Waals surface area (Å²) in [6.07, 6.45) is 8.78. The van der Waals surface area contributed by atoms with Crippen LogP contribution in [0.1, 0.15) is 57.8 Å². The molecule has 0 N–H and O–H groups in total. The monoisotopic (exact) mass is 839 g/mol. The van der Waals surface area contributed by atoms with E-state index in [1.54, 1.807) is 0 Å². The maximum absolute atomic E-state index is 6.26. The van der Waals surface area contributed by atoms with Crippen LogP contribution in [0.2, 0.25) is 0 Å². The van der Waals surface area contributed by atoms with Crippen molar-refractivity contribution in [2.75, 3.05) is 19.8 Å². The van der Waals surface area contributed by atoms with Crippen LogP contribution >= 0.6 is 0 Å². The minimum Gasteiger partial charge on any atom is -0.465 e. The molecule has 3 heterocycles. The van der Waals surface area contributed by atoms with Gasteiger partial charge in [0.25, 0.3) is 0 Å². The lowest BCUT2D eigenvalue weighted by Gasteiger charge is -2.23. The van der Waals surface area contributed by atoms with E-state index >= 15 is 0 Å². The van der Waals surface area contributed by atoms with Gasteiger partial charge in [-0.25, -0.2) is 0 Å². The Morgan fingerprint density at radius 2 is 0.525 bits per heavy atom. The molecule has 0 radical (unpaired) electrons. The van der Waals surface area contributed by atoms with E-state index in [0.717, 1.165) is 144 Å². The minimum absolute atomic E-state index is 0.187. The summed E-state index contributed by atoms with van der Waals surface area (Å²) in [5, 5.41) is 0. The van der Waals surface area contributed by atoms with E-state index < -0.39 is 10.9 Å². The Morgan fingerprint density at radius 3 is 0.754 bits per heavy atom. The third-order valence-corrected chi connectivity index (χ3v) is 12.8. The first-order valence-electron chi connectivity index (χ1n) is 21.4. The van der Waals surface area contributed by atoms with Crippen LogP contribution in [0, 0.1) is 0 Å². The topological polar surface area (TPSA) is 83.1 Å². The molecule has 314 valence electrons. The second-order valence-electron chi connectivity index (χ2n) is 15.2. The van der Waals surface area contributed by atoms with Crippen molar-refractivity contribution >= 4 is 10.9 Å². The molecule has 3 aliphatic rings. The number of ether oxygens (including phenoxy) is 9. The maximum atomic E-state index is 6.26. The standard InChI is InChI=1S/C51H51O9S/c1-4-34-52-49(7-1)58-43-16-10-37(11-17-43)55-40-22-28-46(29-23-40)61(47-30-24-41(25-31-47)56-38-12-18-44(19-13-38)59-50-8-2-5-35-53-50)48-32-26-42(27-33-48)57-39-14-20-45(21-15-39)60-51-9-3-6-36-54-51/h10-33,49-51H,1-9,34-36H2/q+1. The molecule has 3 saturated heterocycles. The Labute approximate surface area is 360 Å². The van der Waals surface area contributed by atoms with Crippen molar-refractivity contribution in [3.8, 4) is 51.7 Å². The van der Waals surface area contributed by atoms with Crippen LogP contribution in [0.5, 0.6) is 51.7 Å². The molecule has 0 saturated carbocycles. The minimum atomic E-state index is -0.452. The number of hydrogen-bond donors (Lipinski definition) is 0. The van der Waals surface area contributed by atoms with Crippen LogP contribution in [-0.2, 0) is 25.1 Å². The summed E-state index contributed by atoms with van der Waals surface area (Å²) in [5.41, 5.74) is 0. The van der Waals surface area contributed by atoms with E-state index in [4.69, 9.17) is 42.6 Å². The summed E-state index contributed by atoms with van der Waals surface area (Å²) in [6, 6.07) is 48.0. The molecule has 6 aromatic rings. The zero-order chi connectivity index (χ0) is 41.1. The summed E-state index contributed by atoms with van der Waals surface area (Å²) in [7, 11) is -0.452. The summed E-state index contributed by atoms with van der Waals surface area (Å²) in [5.74, 6) is 6.74. The number of rotatable bonds is 15. The zero-order valence-corrected chi connectivity index (χ0v) is 35.0. The molecule has 0 aromatic heterocycles. The summed E-state index contributed by atoms with van der Waals surface area (Å²) in [6.45, 7) is 2.23. The highest BCUT2D eigenvalue weighted by Gasteiger charge is 2.29. The highest BCUT2D eigenvalue weighted by Crippen LogP contribution is 2.37. The van der Waals surface area contributed by atoms with Gasteiger partial charge >= 0.3 is 0 Å². The van der Waals surface area contributed by atoms with Crippen LogP contribution in [0.25, 0.3) is 0 Å². The molecule has 3 fully saturated rings. The zero-order valence-electron chi connectivity index (χ0n) is 34.2. The quantitative estimate of drug-likeness (QED) is 0.0939. The van der Waals surface area contributed by atoms with Gasteiger partial charge in [0.15, 0.2) is 33.6 Å². The first-order chi connectivity index (χ1) is 30.1. The van der Waals surface area contributed by atoms with E-state index in [-0.39, 0.29) is 18.9 Å². The van der Waals surface area contributed by atoms with Gasteiger partial charge in [-0.05, 0) is 184 Å². The van der Waals surface area contributed by atoms with E-state index in [2.05, 4.69) is 36.4 Å². The van der Waals surface area contributed by atoms with Gasteiger partial charge in [0.05, 0.1) is 30.7 Å². The normalized spacial score (nSPS) is 19.6. The third-order valence-electron chi connectivity index (χ3n) is 10.6. The smallest absolute Gasteiger partial charge is 0.199 e. The predicted octanol–water partition coefficient (Wildman–Crippen LogP) is 12.9. The largest absolute Gasteiger partial charge is 0.465 e.